The van der Waals surface area contributed by atoms with Crippen molar-refractivity contribution in [1.29, 1.82) is 0 Å². The van der Waals surface area contributed by atoms with E-state index in [1.165, 1.54) is 18.3 Å². The van der Waals surface area contributed by atoms with Crippen LogP contribution in [-0.2, 0) is 9.84 Å². The van der Waals surface area contributed by atoms with Crippen LogP contribution in [0.25, 0.3) is 0 Å². The molecule has 0 aliphatic rings. The summed E-state index contributed by atoms with van der Waals surface area (Å²) in [5, 5.41) is 0. The second-order valence-electron chi connectivity index (χ2n) is 3.60. The van der Waals surface area contributed by atoms with Gasteiger partial charge >= 0.3 is 0 Å². The lowest BCUT2D eigenvalue weighted by Crippen LogP contribution is -1.97. The molecule has 0 aliphatic heterocycles. The number of nitrogens with zero attached hydrogens (tertiary/aromatic N) is 2. The highest BCUT2D eigenvalue weighted by Gasteiger charge is 2.07. The molecule has 18 heavy (non-hydrogen) atoms. The summed E-state index contributed by atoms with van der Waals surface area (Å²) in [4.78, 5) is 7.83. The number of hydrogen-bond acceptors (Lipinski definition) is 6. The normalized spacial score (nSPS) is 11.2. The fourth-order valence-corrected chi connectivity index (χ4v) is 1.92. The highest BCUT2D eigenvalue weighted by atomic mass is 32.2. The number of nitrogen functional groups attached to an aromatic ring is 1. The first-order valence-electron chi connectivity index (χ1n) is 5.02. The summed E-state index contributed by atoms with van der Waals surface area (Å²) >= 11 is 0. The zero-order valence-corrected chi connectivity index (χ0v) is 10.4. The maximum absolute atomic E-state index is 11.3. The number of rotatable bonds is 3. The summed E-state index contributed by atoms with van der Waals surface area (Å²) in [5.74, 6) is 0.885. The average Bonchev–Trinajstić information content (AvgIpc) is 2.28. The topological polar surface area (TPSA) is 95.2 Å². The molecule has 94 valence electrons. The molecule has 2 N–H and O–H groups in total. The molecule has 7 heteroatoms. The van der Waals surface area contributed by atoms with E-state index < -0.39 is 9.84 Å². The maximum Gasteiger partial charge on any atom is 0.224 e. The molecule has 1 heterocycles. The van der Waals surface area contributed by atoms with Crippen LogP contribution in [0.1, 0.15) is 0 Å². The van der Waals surface area contributed by atoms with Crippen molar-refractivity contribution in [2.75, 3.05) is 12.0 Å². The van der Waals surface area contributed by atoms with Crippen LogP contribution < -0.4 is 10.5 Å². The summed E-state index contributed by atoms with van der Waals surface area (Å²) in [5.41, 5.74) is 5.41. The molecule has 0 unspecified atom stereocenters. The van der Waals surface area contributed by atoms with Gasteiger partial charge in [-0.25, -0.2) is 13.4 Å². The van der Waals surface area contributed by atoms with Crippen molar-refractivity contribution < 1.29 is 13.2 Å². The Morgan fingerprint density at radius 3 is 2.39 bits per heavy atom. The Kier molecular flexibility index (Phi) is 3.15. The average molecular weight is 265 g/mol. The van der Waals surface area contributed by atoms with E-state index in [0.717, 1.165) is 6.26 Å². The Hall–Kier alpha value is -2.15. The molecule has 1 aromatic heterocycles. The van der Waals surface area contributed by atoms with E-state index in [2.05, 4.69) is 9.97 Å². The van der Waals surface area contributed by atoms with Crippen LogP contribution in [0.2, 0.25) is 0 Å². The zero-order valence-electron chi connectivity index (χ0n) is 9.57. The van der Waals surface area contributed by atoms with Gasteiger partial charge in [0.25, 0.3) is 0 Å². The number of anilines is 1. The maximum atomic E-state index is 11.3. The van der Waals surface area contributed by atoms with E-state index in [4.69, 9.17) is 10.5 Å². The van der Waals surface area contributed by atoms with Crippen LogP contribution in [0.3, 0.4) is 0 Å². The van der Waals surface area contributed by atoms with Gasteiger partial charge in [-0.15, -0.1) is 0 Å². The molecule has 1 aromatic carbocycles. The Bertz CT molecular complexity index is 653. The molecule has 0 radical (unpaired) electrons. The summed E-state index contributed by atoms with van der Waals surface area (Å²) < 4.78 is 27.9. The number of sulfone groups is 1. The van der Waals surface area contributed by atoms with Crippen molar-refractivity contribution in [3.63, 3.8) is 0 Å². The summed E-state index contributed by atoms with van der Waals surface area (Å²) in [7, 11) is -3.20. The fourth-order valence-electron chi connectivity index (χ4n) is 1.29. The first kappa shape index (κ1) is 12.3. The van der Waals surface area contributed by atoms with Crippen LogP contribution in [0.5, 0.6) is 11.6 Å². The molecule has 0 bridgehead atoms. The third-order valence-electron chi connectivity index (χ3n) is 2.12. The minimum Gasteiger partial charge on any atom is -0.439 e. The highest BCUT2D eigenvalue weighted by Crippen LogP contribution is 2.21. The minimum atomic E-state index is -3.20. The van der Waals surface area contributed by atoms with Crippen LogP contribution in [0, 0.1) is 0 Å². The van der Waals surface area contributed by atoms with Gasteiger partial charge < -0.3 is 10.5 Å². The second kappa shape index (κ2) is 4.61. The molecular formula is C11H11N3O3S. The molecule has 2 rings (SSSR count). The highest BCUT2D eigenvalue weighted by molar-refractivity contribution is 7.90. The van der Waals surface area contributed by atoms with Crippen molar-refractivity contribution in [2.45, 2.75) is 4.90 Å². The van der Waals surface area contributed by atoms with E-state index in [-0.39, 0.29) is 10.8 Å². The molecule has 0 atom stereocenters. The third kappa shape index (κ3) is 2.95. The van der Waals surface area contributed by atoms with Crippen molar-refractivity contribution >= 4 is 15.8 Å². The Labute approximate surface area is 104 Å². The van der Waals surface area contributed by atoms with E-state index in [9.17, 15) is 8.42 Å². The van der Waals surface area contributed by atoms with Gasteiger partial charge in [0.1, 0.15) is 5.75 Å². The van der Waals surface area contributed by atoms with Gasteiger partial charge in [0.2, 0.25) is 11.8 Å². The van der Waals surface area contributed by atoms with E-state index >= 15 is 0 Å². The molecular weight excluding hydrogens is 254 g/mol. The minimum absolute atomic E-state index is 0.111. The quantitative estimate of drug-likeness (QED) is 0.897. The van der Waals surface area contributed by atoms with Crippen molar-refractivity contribution in [2.24, 2.45) is 0 Å². The van der Waals surface area contributed by atoms with Gasteiger partial charge in [0, 0.05) is 18.5 Å². The van der Waals surface area contributed by atoms with Gasteiger partial charge in [-0.05, 0) is 24.3 Å². The first-order valence-corrected chi connectivity index (χ1v) is 6.91. The SMILES string of the molecule is CS(=O)(=O)c1ccc(Oc2ccnc(N)n2)cc1. The van der Waals surface area contributed by atoms with Gasteiger partial charge in [0.05, 0.1) is 4.90 Å². The summed E-state index contributed by atoms with van der Waals surface area (Å²) in [6.45, 7) is 0. The number of ether oxygens (including phenoxy) is 1. The van der Waals surface area contributed by atoms with Crippen molar-refractivity contribution in [1.82, 2.24) is 9.97 Å². The summed E-state index contributed by atoms with van der Waals surface area (Å²) in [6, 6.07) is 7.59. The Balaban J connectivity index is 2.21. The largest absolute Gasteiger partial charge is 0.439 e. The van der Waals surface area contributed by atoms with Crippen LogP contribution >= 0.6 is 0 Å². The third-order valence-corrected chi connectivity index (χ3v) is 3.25. The molecule has 0 fully saturated rings. The van der Waals surface area contributed by atoms with Gasteiger partial charge in [-0.3, -0.25) is 0 Å². The zero-order chi connectivity index (χ0) is 13.2. The number of aromatic nitrogens is 2. The predicted octanol–water partition coefficient (Wildman–Crippen LogP) is 1.25. The Morgan fingerprint density at radius 1 is 1.17 bits per heavy atom. The lowest BCUT2D eigenvalue weighted by atomic mass is 10.3. The Morgan fingerprint density at radius 2 is 1.83 bits per heavy atom. The van der Waals surface area contributed by atoms with Gasteiger partial charge in [-0.2, -0.15) is 4.98 Å². The molecule has 0 saturated heterocycles. The standard InChI is InChI=1S/C11H11N3O3S/c1-18(15,16)9-4-2-8(3-5-9)17-10-6-7-13-11(12)14-10/h2-7H,1H3,(H2,12,13,14). The van der Waals surface area contributed by atoms with Crippen molar-refractivity contribution in [3.8, 4) is 11.6 Å². The molecule has 0 aliphatic carbocycles. The van der Waals surface area contributed by atoms with Crippen LogP contribution in [-0.4, -0.2) is 24.6 Å². The van der Waals surface area contributed by atoms with E-state index in [1.807, 2.05) is 0 Å². The predicted molar refractivity (Wildman–Crippen MR) is 66.1 cm³/mol. The first-order chi connectivity index (χ1) is 8.45. The lowest BCUT2D eigenvalue weighted by molar-refractivity contribution is 0.462. The number of hydrogen-bond donors (Lipinski definition) is 1. The van der Waals surface area contributed by atoms with Crippen LogP contribution in [0.4, 0.5) is 5.95 Å². The van der Waals surface area contributed by atoms with Gasteiger partial charge in [0.15, 0.2) is 9.84 Å². The number of benzene rings is 1. The van der Waals surface area contributed by atoms with E-state index in [0.29, 0.717) is 11.6 Å². The van der Waals surface area contributed by atoms with E-state index in [1.54, 1.807) is 18.2 Å². The second-order valence-corrected chi connectivity index (χ2v) is 5.61. The fraction of sp³-hybridized carbons (Fsp3) is 0.0909. The molecule has 0 spiro atoms. The molecule has 0 amide bonds. The van der Waals surface area contributed by atoms with Crippen LogP contribution in [0.15, 0.2) is 41.4 Å². The molecule has 6 nitrogen and oxygen atoms in total. The van der Waals surface area contributed by atoms with Crippen molar-refractivity contribution in [3.05, 3.63) is 36.5 Å². The molecule has 2 aromatic rings. The van der Waals surface area contributed by atoms with Gasteiger partial charge in [-0.1, -0.05) is 0 Å². The smallest absolute Gasteiger partial charge is 0.224 e. The summed E-state index contributed by atoms with van der Waals surface area (Å²) in [6.07, 6.45) is 2.62. The monoisotopic (exact) mass is 265 g/mol. The molecule has 0 saturated carbocycles. The lowest BCUT2D eigenvalue weighted by Gasteiger charge is -2.05. The number of nitrogens with two attached hydrogens (primary N) is 1.